The molecule has 0 radical (unpaired) electrons. The first-order chi connectivity index (χ1) is 9.92. The summed E-state index contributed by atoms with van der Waals surface area (Å²) in [6.45, 7) is 9.15. The molecule has 0 bridgehead atoms. The lowest BCUT2D eigenvalue weighted by Gasteiger charge is -2.22. The van der Waals surface area contributed by atoms with Crippen LogP contribution < -0.4 is 5.32 Å². The summed E-state index contributed by atoms with van der Waals surface area (Å²) in [7, 11) is 0. The smallest absolute Gasteiger partial charge is 0.153 e. The molecule has 4 heteroatoms. The summed E-state index contributed by atoms with van der Waals surface area (Å²) in [6.07, 6.45) is 8.75. The molecule has 2 aromatic rings. The highest BCUT2D eigenvalue weighted by Gasteiger charge is 2.14. The molecular formula is C16H28N4. The van der Waals surface area contributed by atoms with Crippen LogP contribution in [0.3, 0.4) is 0 Å². The van der Waals surface area contributed by atoms with Crippen molar-refractivity contribution in [1.82, 2.24) is 19.9 Å². The standard InChI is InChI=1S/C12H16N4.2C2H6/c1-2-6-13-10(4-1)8-11-9-16-12(15-11)5-3-7-14-16;2*1-2/h3,5,7,9-10,13H,1-2,4,6,8H2;2*1-2H3/t10-;;/m0../s1. The Bertz CT molecular complexity index is 439. The first-order valence-corrected chi connectivity index (χ1v) is 7.94. The lowest BCUT2D eigenvalue weighted by Crippen LogP contribution is -2.35. The van der Waals surface area contributed by atoms with Crippen molar-refractivity contribution in [1.29, 1.82) is 0 Å². The molecule has 0 spiro atoms. The molecule has 0 aliphatic carbocycles. The van der Waals surface area contributed by atoms with Gasteiger partial charge in [0.25, 0.3) is 0 Å². The van der Waals surface area contributed by atoms with Crippen molar-refractivity contribution in [3.8, 4) is 0 Å². The van der Waals surface area contributed by atoms with E-state index in [2.05, 4.69) is 15.4 Å². The molecule has 0 aromatic carbocycles. The van der Waals surface area contributed by atoms with Crippen LogP contribution in [0, 0.1) is 0 Å². The zero-order valence-electron chi connectivity index (χ0n) is 13.3. The molecule has 0 amide bonds. The summed E-state index contributed by atoms with van der Waals surface area (Å²) in [5, 5.41) is 7.77. The number of imidazole rings is 1. The maximum Gasteiger partial charge on any atom is 0.153 e. The second-order valence-electron chi connectivity index (χ2n) is 4.41. The minimum atomic E-state index is 0.596. The first-order valence-electron chi connectivity index (χ1n) is 7.94. The van der Waals surface area contributed by atoms with E-state index in [1.54, 1.807) is 6.20 Å². The first kappa shape index (κ1) is 16.6. The van der Waals surface area contributed by atoms with Gasteiger partial charge in [0.15, 0.2) is 5.65 Å². The number of fused-ring (bicyclic) bond motifs is 1. The Morgan fingerprint density at radius 3 is 2.70 bits per heavy atom. The highest BCUT2D eigenvalue weighted by molar-refractivity contribution is 5.37. The highest BCUT2D eigenvalue weighted by atomic mass is 15.2. The summed E-state index contributed by atoms with van der Waals surface area (Å²) < 4.78 is 1.85. The normalized spacial score (nSPS) is 17.7. The molecule has 3 heterocycles. The Labute approximate surface area is 122 Å². The van der Waals surface area contributed by atoms with Crippen LogP contribution in [0.15, 0.2) is 24.5 Å². The molecule has 0 unspecified atom stereocenters. The average Bonchev–Trinajstić information content (AvgIpc) is 2.94. The minimum Gasteiger partial charge on any atom is -0.314 e. The fraction of sp³-hybridized carbons (Fsp3) is 0.625. The van der Waals surface area contributed by atoms with Crippen LogP contribution in [-0.2, 0) is 6.42 Å². The van der Waals surface area contributed by atoms with Crippen molar-refractivity contribution in [2.24, 2.45) is 0 Å². The molecule has 2 aromatic heterocycles. The van der Waals surface area contributed by atoms with Gasteiger partial charge in [0.1, 0.15) is 0 Å². The lowest BCUT2D eigenvalue weighted by molar-refractivity contribution is 0.397. The van der Waals surface area contributed by atoms with Crippen LogP contribution in [0.5, 0.6) is 0 Å². The van der Waals surface area contributed by atoms with Gasteiger partial charge in [-0.15, -0.1) is 0 Å². The molecule has 4 nitrogen and oxygen atoms in total. The van der Waals surface area contributed by atoms with E-state index >= 15 is 0 Å². The third kappa shape index (κ3) is 4.60. The Balaban J connectivity index is 0.000000461. The van der Waals surface area contributed by atoms with Crippen LogP contribution in [0.25, 0.3) is 5.65 Å². The van der Waals surface area contributed by atoms with E-state index in [0.717, 1.165) is 24.3 Å². The number of hydrogen-bond acceptors (Lipinski definition) is 3. The molecule has 1 N–H and O–H groups in total. The lowest BCUT2D eigenvalue weighted by atomic mass is 10.0. The van der Waals surface area contributed by atoms with Crippen molar-refractivity contribution in [3.63, 3.8) is 0 Å². The van der Waals surface area contributed by atoms with Crippen molar-refractivity contribution < 1.29 is 0 Å². The van der Waals surface area contributed by atoms with Gasteiger partial charge in [0.2, 0.25) is 0 Å². The monoisotopic (exact) mass is 276 g/mol. The predicted molar refractivity (Wildman–Crippen MR) is 85.0 cm³/mol. The van der Waals surface area contributed by atoms with E-state index in [1.165, 1.54) is 19.3 Å². The molecule has 1 fully saturated rings. The number of nitrogens with one attached hydrogen (secondary N) is 1. The predicted octanol–water partition coefficient (Wildman–Crippen LogP) is 3.47. The van der Waals surface area contributed by atoms with E-state index in [4.69, 9.17) is 0 Å². The molecule has 112 valence electrons. The number of nitrogens with zero attached hydrogens (tertiary/aromatic N) is 3. The van der Waals surface area contributed by atoms with E-state index in [1.807, 2.05) is 50.5 Å². The van der Waals surface area contributed by atoms with Gasteiger partial charge in [-0.3, -0.25) is 0 Å². The van der Waals surface area contributed by atoms with Crippen LogP contribution in [-0.4, -0.2) is 27.2 Å². The van der Waals surface area contributed by atoms with Gasteiger partial charge in [0, 0.05) is 18.7 Å². The number of aromatic nitrogens is 3. The van der Waals surface area contributed by atoms with E-state index in [0.29, 0.717) is 6.04 Å². The average molecular weight is 276 g/mol. The van der Waals surface area contributed by atoms with Crippen molar-refractivity contribution in [3.05, 3.63) is 30.2 Å². The van der Waals surface area contributed by atoms with Gasteiger partial charge in [-0.25, -0.2) is 9.50 Å². The molecule has 1 aliphatic rings. The Kier molecular flexibility index (Phi) is 7.88. The quantitative estimate of drug-likeness (QED) is 0.913. The summed E-state index contributed by atoms with van der Waals surface area (Å²) in [4.78, 5) is 4.57. The van der Waals surface area contributed by atoms with Crippen LogP contribution in [0.2, 0.25) is 0 Å². The van der Waals surface area contributed by atoms with Crippen LogP contribution in [0.4, 0.5) is 0 Å². The SMILES string of the molecule is CC.CC.c1cnn2cc(C[C@@H]3CCCCN3)nc2c1. The molecule has 1 saturated heterocycles. The number of hydrogen-bond donors (Lipinski definition) is 1. The zero-order valence-corrected chi connectivity index (χ0v) is 13.3. The van der Waals surface area contributed by atoms with Crippen molar-refractivity contribution >= 4 is 5.65 Å². The molecular weight excluding hydrogens is 248 g/mol. The third-order valence-corrected chi connectivity index (χ3v) is 3.15. The highest BCUT2D eigenvalue weighted by Crippen LogP contribution is 2.12. The van der Waals surface area contributed by atoms with Crippen molar-refractivity contribution in [2.75, 3.05) is 6.54 Å². The van der Waals surface area contributed by atoms with Gasteiger partial charge in [0.05, 0.1) is 11.9 Å². The Morgan fingerprint density at radius 2 is 2.05 bits per heavy atom. The summed E-state index contributed by atoms with van der Waals surface area (Å²) in [5.74, 6) is 0. The molecule has 1 aliphatic heterocycles. The van der Waals surface area contributed by atoms with Crippen LogP contribution in [0.1, 0.15) is 52.7 Å². The summed E-state index contributed by atoms with van der Waals surface area (Å²) in [5.41, 5.74) is 2.08. The maximum atomic E-state index is 4.57. The molecule has 0 saturated carbocycles. The number of piperidine rings is 1. The fourth-order valence-corrected chi connectivity index (χ4v) is 2.33. The van der Waals surface area contributed by atoms with Gasteiger partial charge in [-0.05, 0) is 31.5 Å². The van der Waals surface area contributed by atoms with Gasteiger partial charge < -0.3 is 5.32 Å². The summed E-state index contributed by atoms with van der Waals surface area (Å²) in [6, 6.07) is 4.51. The van der Waals surface area contributed by atoms with Crippen LogP contribution >= 0.6 is 0 Å². The van der Waals surface area contributed by atoms with Gasteiger partial charge in [-0.2, -0.15) is 5.10 Å². The van der Waals surface area contributed by atoms with Gasteiger partial charge >= 0.3 is 0 Å². The number of rotatable bonds is 2. The van der Waals surface area contributed by atoms with Gasteiger partial charge in [-0.1, -0.05) is 34.1 Å². The Hall–Kier alpha value is -1.42. The molecule has 20 heavy (non-hydrogen) atoms. The largest absolute Gasteiger partial charge is 0.314 e. The fourth-order valence-electron chi connectivity index (χ4n) is 2.33. The van der Waals surface area contributed by atoms with E-state index in [-0.39, 0.29) is 0 Å². The van der Waals surface area contributed by atoms with E-state index in [9.17, 15) is 0 Å². The third-order valence-electron chi connectivity index (χ3n) is 3.15. The molecule has 3 rings (SSSR count). The Morgan fingerprint density at radius 1 is 1.25 bits per heavy atom. The topological polar surface area (TPSA) is 42.2 Å². The second-order valence-corrected chi connectivity index (χ2v) is 4.41. The second kappa shape index (κ2) is 9.48. The van der Waals surface area contributed by atoms with E-state index < -0.39 is 0 Å². The molecule has 1 atom stereocenters. The summed E-state index contributed by atoms with van der Waals surface area (Å²) >= 11 is 0. The maximum absolute atomic E-state index is 4.57. The van der Waals surface area contributed by atoms with Crippen molar-refractivity contribution in [2.45, 2.75) is 59.4 Å². The zero-order chi connectivity index (χ0) is 14.8. The minimum absolute atomic E-state index is 0.596.